The number of aryl methyl sites for hydroxylation is 1. The summed E-state index contributed by atoms with van der Waals surface area (Å²) in [4.78, 5) is 12.9. The number of nitrogens with one attached hydrogen (secondary N) is 2. The van der Waals surface area contributed by atoms with Crippen LogP contribution < -0.4 is 10.6 Å². The summed E-state index contributed by atoms with van der Waals surface area (Å²) in [6, 6.07) is 9.69. The predicted molar refractivity (Wildman–Crippen MR) is 76.1 cm³/mol. The van der Waals surface area contributed by atoms with Crippen molar-refractivity contribution in [2.75, 3.05) is 5.32 Å². The Bertz CT molecular complexity index is 535. The molecule has 2 N–H and O–H groups in total. The van der Waals surface area contributed by atoms with Gasteiger partial charge in [-0.05, 0) is 42.5 Å². The van der Waals surface area contributed by atoms with E-state index in [9.17, 15) is 4.79 Å². The van der Waals surface area contributed by atoms with Gasteiger partial charge in [0.1, 0.15) is 0 Å². The van der Waals surface area contributed by atoms with Crippen molar-refractivity contribution in [3.8, 4) is 0 Å². The molecule has 0 unspecified atom stereocenters. The van der Waals surface area contributed by atoms with E-state index in [1.807, 2.05) is 49.6 Å². The largest absolute Gasteiger partial charge is 0.333 e. The first-order valence-corrected chi connectivity index (χ1v) is 6.68. The van der Waals surface area contributed by atoms with Gasteiger partial charge < -0.3 is 10.6 Å². The zero-order valence-electron chi connectivity index (χ0n) is 10.5. The molecule has 1 aromatic carbocycles. The van der Waals surface area contributed by atoms with Crippen molar-refractivity contribution in [1.82, 2.24) is 5.32 Å². The Morgan fingerprint density at radius 3 is 2.78 bits per heavy atom. The fraction of sp³-hybridized carbons (Fsp3) is 0.214. The van der Waals surface area contributed by atoms with Crippen LogP contribution in [0.4, 0.5) is 10.5 Å². The van der Waals surface area contributed by atoms with Crippen LogP contribution in [0.2, 0.25) is 0 Å². The summed E-state index contributed by atoms with van der Waals surface area (Å²) < 4.78 is 0. The lowest BCUT2D eigenvalue weighted by Gasteiger charge is -2.10. The summed E-state index contributed by atoms with van der Waals surface area (Å²) in [6.45, 7) is 4.60. The minimum absolute atomic E-state index is 0.169. The molecule has 2 amide bonds. The average Bonchev–Trinajstić information content (AvgIpc) is 2.86. The summed E-state index contributed by atoms with van der Waals surface area (Å²) in [6.07, 6.45) is 0. The molecule has 0 fully saturated rings. The predicted octanol–water partition coefficient (Wildman–Crippen LogP) is 3.69. The molecule has 18 heavy (non-hydrogen) atoms. The van der Waals surface area contributed by atoms with Crippen LogP contribution in [0.5, 0.6) is 0 Å². The minimum Gasteiger partial charge on any atom is -0.333 e. The third-order valence-electron chi connectivity index (χ3n) is 2.86. The Morgan fingerprint density at radius 2 is 2.06 bits per heavy atom. The van der Waals surface area contributed by atoms with Crippen molar-refractivity contribution in [3.63, 3.8) is 0 Å². The first kappa shape index (κ1) is 12.6. The number of benzene rings is 1. The number of hydrogen-bond donors (Lipinski definition) is 2. The number of thiophene rings is 1. The Morgan fingerprint density at radius 1 is 1.22 bits per heavy atom. The summed E-state index contributed by atoms with van der Waals surface area (Å²) in [5.74, 6) is 0. The Labute approximate surface area is 111 Å². The lowest BCUT2D eigenvalue weighted by atomic mass is 10.1. The van der Waals surface area contributed by atoms with Gasteiger partial charge in [0.25, 0.3) is 0 Å². The number of carbonyl (C=O) groups is 1. The van der Waals surface area contributed by atoms with Crippen LogP contribution in [0, 0.1) is 13.8 Å². The molecule has 0 spiro atoms. The molecular weight excluding hydrogens is 244 g/mol. The molecule has 0 atom stereocenters. The number of hydrogen-bond acceptors (Lipinski definition) is 2. The van der Waals surface area contributed by atoms with Crippen molar-refractivity contribution in [3.05, 3.63) is 51.7 Å². The summed E-state index contributed by atoms with van der Waals surface area (Å²) in [7, 11) is 0. The molecule has 0 bridgehead atoms. The zero-order chi connectivity index (χ0) is 13.0. The fourth-order valence-corrected chi connectivity index (χ4v) is 2.28. The lowest BCUT2D eigenvalue weighted by molar-refractivity contribution is 0.252. The Hall–Kier alpha value is -1.81. The van der Waals surface area contributed by atoms with Gasteiger partial charge >= 0.3 is 6.03 Å². The van der Waals surface area contributed by atoms with Crippen molar-refractivity contribution in [1.29, 1.82) is 0 Å². The first-order valence-electron chi connectivity index (χ1n) is 5.80. The highest BCUT2D eigenvalue weighted by atomic mass is 32.1. The number of carbonyl (C=O) groups excluding carboxylic acids is 1. The molecule has 0 saturated heterocycles. The van der Waals surface area contributed by atoms with Crippen LogP contribution in [0.3, 0.4) is 0 Å². The second-order valence-corrected chi connectivity index (χ2v) is 5.17. The van der Waals surface area contributed by atoms with Gasteiger partial charge in [-0.15, -0.1) is 11.3 Å². The second-order valence-electron chi connectivity index (χ2n) is 4.13. The standard InChI is InChI=1S/C14H16N2OS/c1-10-5-3-7-13(11(10)2)16-14(17)15-9-12-6-4-8-18-12/h3-8H,9H2,1-2H3,(H2,15,16,17). The molecule has 0 aliphatic rings. The molecule has 1 heterocycles. The maximum Gasteiger partial charge on any atom is 0.319 e. The maximum atomic E-state index is 11.8. The van der Waals surface area contributed by atoms with Crippen LogP contribution in [0.15, 0.2) is 35.7 Å². The van der Waals surface area contributed by atoms with E-state index in [1.165, 1.54) is 5.56 Å². The van der Waals surface area contributed by atoms with Crippen molar-refractivity contribution >= 4 is 23.1 Å². The summed E-state index contributed by atoms with van der Waals surface area (Å²) in [5, 5.41) is 7.71. The Balaban J connectivity index is 1.93. The van der Waals surface area contributed by atoms with Crippen LogP contribution in [0.1, 0.15) is 16.0 Å². The molecule has 0 aliphatic heterocycles. The van der Waals surface area contributed by atoms with Gasteiger partial charge in [-0.2, -0.15) is 0 Å². The molecule has 2 aromatic rings. The highest BCUT2D eigenvalue weighted by Crippen LogP contribution is 2.17. The monoisotopic (exact) mass is 260 g/mol. The number of anilines is 1. The number of amides is 2. The van der Waals surface area contributed by atoms with Gasteiger partial charge in [-0.3, -0.25) is 0 Å². The molecule has 0 aliphatic carbocycles. The van der Waals surface area contributed by atoms with Gasteiger partial charge in [0.05, 0.1) is 6.54 Å². The van der Waals surface area contributed by atoms with Crippen LogP contribution in [-0.2, 0) is 6.54 Å². The molecule has 0 radical (unpaired) electrons. The highest BCUT2D eigenvalue weighted by molar-refractivity contribution is 7.09. The van der Waals surface area contributed by atoms with Gasteiger partial charge in [-0.1, -0.05) is 18.2 Å². The van der Waals surface area contributed by atoms with Gasteiger partial charge in [0.15, 0.2) is 0 Å². The third kappa shape index (κ3) is 3.11. The molecular formula is C14H16N2OS. The van der Waals surface area contributed by atoms with Crippen molar-refractivity contribution < 1.29 is 4.79 Å². The topological polar surface area (TPSA) is 41.1 Å². The quantitative estimate of drug-likeness (QED) is 0.868. The minimum atomic E-state index is -0.169. The third-order valence-corrected chi connectivity index (χ3v) is 3.73. The molecule has 2 rings (SSSR count). The van der Waals surface area contributed by atoms with Crippen molar-refractivity contribution in [2.45, 2.75) is 20.4 Å². The molecule has 1 aromatic heterocycles. The van der Waals surface area contributed by atoms with E-state index in [4.69, 9.17) is 0 Å². The average molecular weight is 260 g/mol. The normalized spacial score (nSPS) is 10.1. The second kappa shape index (κ2) is 5.69. The van der Waals surface area contributed by atoms with E-state index in [-0.39, 0.29) is 6.03 Å². The van der Waals surface area contributed by atoms with Crippen LogP contribution >= 0.6 is 11.3 Å². The van der Waals surface area contributed by atoms with E-state index in [0.717, 1.165) is 16.1 Å². The molecule has 3 nitrogen and oxygen atoms in total. The fourth-order valence-electron chi connectivity index (χ4n) is 1.63. The zero-order valence-corrected chi connectivity index (χ0v) is 11.3. The first-order chi connectivity index (χ1) is 8.66. The molecule has 94 valence electrons. The number of rotatable bonds is 3. The lowest BCUT2D eigenvalue weighted by Crippen LogP contribution is -2.28. The molecule has 4 heteroatoms. The van der Waals surface area contributed by atoms with Crippen LogP contribution in [-0.4, -0.2) is 6.03 Å². The van der Waals surface area contributed by atoms with Crippen molar-refractivity contribution in [2.24, 2.45) is 0 Å². The SMILES string of the molecule is Cc1cccc(NC(=O)NCc2cccs2)c1C. The summed E-state index contributed by atoms with van der Waals surface area (Å²) >= 11 is 1.63. The maximum absolute atomic E-state index is 11.8. The van der Waals surface area contributed by atoms with E-state index >= 15 is 0 Å². The van der Waals surface area contributed by atoms with E-state index in [2.05, 4.69) is 10.6 Å². The van der Waals surface area contributed by atoms with E-state index < -0.39 is 0 Å². The molecule has 0 saturated carbocycles. The Kier molecular flexibility index (Phi) is 3.99. The van der Waals surface area contributed by atoms with E-state index in [0.29, 0.717) is 6.54 Å². The number of urea groups is 1. The van der Waals surface area contributed by atoms with Gasteiger partial charge in [0, 0.05) is 10.6 Å². The van der Waals surface area contributed by atoms with Crippen LogP contribution in [0.25, 0.3) is 0 Å². The van der Waals surface area contributed by atoms with E-state index in [1.54, 1.807) is 11.3 Å². The smallest absolute Gasteiger partial charge is 0.319 e. The highest BCUT2D eigenvalue weighted by Gasteiger charge is 2.05. The summed E-state index contributed by atoms with van der Waals surface area (Å²) in [5.41, 5.74) is 3.13. The van der Waals surface area contributed by atoms with Gasteiger partial charge in [0.2, 0.25) is 0 Å². The van der Waals surface area contributed by atoms with Gasteiger partial charge in [-0.25, -0.2) is 4.79 Å².